The van der Waals surface area contributed by atoms with E-state index in [9.17, 15) is 9.59 Å². The monoisotopic (exact) mass is 382 g/mol. The van der Waals surface area contributed by atoms with Gasteiger partial charge in [0.1, 0.15) is 11.3 Å². The van der Waals surface area contributed by atoms with Crippen molar-refractivity contribution in [3.63, 3.8) is 0 Å². The third-order valence-electron chi connectivity index (χ3n) is 5.41. The van der Waals surface area contributed by atoms with Crippen LogP contribution >= 0.6 is 0 Å². The third kappa shape index (κ3) is 2.85. The molecule has 4 heteroatoms. The zero-order valence-electron chi connectivity index (χ0n) is 15.8. The number of aryl methyl sites for hydroxylation is 1. The van der Waals surface area contributed by atoms with Crippen molar-refractivity contribution >= 4 is 16.8 Å². The Morgan fingerprint density at radius 3 is 2.31 bits per heavy atom. The minimum absolute atomic E-state index is 0.154. The summed E-state index contributed by atoms with van der Waals surface area (Å²) < 4.78 is 11.8. The molecule has 0 fully saturated rings. The van der Waals surface area contributed by atoms with Crippen molar-refractivity contribution in [2.75, 3.05) is 0 Å². The molecular weight excluding hydrogens is 364 g/mol. The molecule has 142 valence electrons. The molecule has 0 bridgehead atoms. The molecule has 0 amide bonds. The Morgan fingerprint density at radius 2 is 1.55 bits per heavy atom. The molecule has 2 heterocycles. The largest absolute Gasteiger partial charge is 0.480 e. The van der Waals surface area contributed by atoms with Crippen LogP contribution in [0.15, 0.2) is 88.1 Å². The van der Waals surface area contributed by atoms with Gasteiger partial charge in [0.25, 0.3) is 0 Å². The van der Waals surface area contributed by atoms with Gasteiger partial charge in [0.05, 0.1) is 16.9 Å². The molecule has 1 aromatic heterocycles. The molecule has 0 unspecified atom stereocenters. The molecule has 0 saturated carbocycles. The van der Waals surface area contributed by atoms with Crippen LogP contribution in [0.5, 0.6) is 5.75 Å². The van der Waals surface area contributed by atoms with Gasteiger partial charge in [-0.25, -0.2) is 4.79 Å². The SMILES string of the molecule is Cc1ccc(C(=O)[C@H]2Oc3c(c(=O)oc4ccccc34)[C@@H]2c2ccccc2)cc1. The molecule has 5 rings (SSSR count). The number of hydrogen-bond acceptors (Lipinski definition) is 4. The van der Waals surface area contributed by atoms with E-state index in [-0.39, 0.29) is 5.78 Å². The average Bonchev–Trinajstić information content (AvgIpc) is 3.16. The molecule has 1 aliphatic rings. The van der Waals surface area contributed by atoms with E-state index in [1.807, 2.05) is 61.5 Å². The lowest BCUT2D eigenvalue weighted by Crippen LogP contribution is -2.31. The van der Waals surface area contributed by atoms with Crippen LogP contribution in [-0.2, 0) is 0 Å². The number of carbonyl (C=O) groups is 1. The van der Waals surface area contributed by atoms with Crippen molar-refractivity contribution in [3.05, 3.63) is 112 Å². The predicted octanol–water partition coefficient (Wildman–Crippen LogP) is 4.88. The second kappa shape index (κ2) is 6.74. The highest BCUT2D eigenvalue weighted by molar-refractivity contribution is 6.02. The van der Waals surface area contributed by atoms with Gasteiger partial charge in [0.2, 0.25) is 5.78 Å². The molecule has 0 radical (unpaired) electrons. The van der Waals surface area contributed by atoms with E-state index < -0.39 is 17.6 Å². The van der Waals surface area contributed by atoms with Crippen molar-refractivity contribution in [1.29, 1.82) is 0 Å². The highest BCUT2D eigenvalue weighted by Gasteiger charge is 2.44. The van der Waals surface area contributed by atoms with E-state index in [0.29, 0.717) is 27.8 Å². The van der Waals surface area contributed by atoms with Crippen LogP contribution in [0.2, 0.25) is 0 Å². The molecule has 2 atom stereocenters. The number of Topliss-reactive ketones (excluding diaryl/α,β-unsaturated/α-hetero) is 1. The average molecular weight is 382 g/mol. The molecule has 1 aliphatic heterocycles. The van der Waals surface area contributed by atoms with E-state index in [2.05, 4.69) is 0 Å². The maximum absolute atomic E-state index is 13.4. The fourth-order valence-electron chi connectivity index (χ4n) is 3.97. The molecule has 3 aromatic carbocycles. The molecule has 0 N–H and O–H groups in total. The van der Waals surface area contributed by atoms with Crippen molar-refractivity contribution in [3.8, 4) is 5.75 Å². The Hall–Kier alpha value is -3.66. The second-order valence-electron chi connectivity index (χ2n) is 7.29. The number of ketones is 1. The van der Waals surface area contributed by atoms with Crippen molar-refractivity contribution in [1.82, 2.24) is 0 Å². The molecule has 0 aliphatic carbocycles. The van der Waals surface area contributed by atoms with Crippen LogP contribution < -0.4 is 10.4 Å². The molecular formula is C25H18O4. The summed E-state index contributed by atoms with van der Waals surface area (Å²) in [5, 5.41) is 0.697. The van der Waals surface area contributed by atoms with Gasteiger partial charge in [-0.2, -0.15) is 0 Å². The predicted molar refractivity (Wildman–Crippen MR) is 111 cm³/mol. The summed E-state index contributed by atoms with van der Waals surface area (Å²) in [5.41, 5.74) is 2.87. The fourth-order valence-corrected chi connectivity index (χ4v) is 3.97. The summed E-state index contributed by atoms with van der Waals surface area (Å²) in [6.07, 6.45) is -0.830. The first kappa shape index (κ1) is 17.4. The minimum Gasteiger partial charge on any atom is -0.480 e. The van der Waals surface area contributed by atoms with Gasteiger partial charge in [-0.15, -0.1) is 0 Å². The smallest absolute Gasteiger partial charge is 0.344 e. The van der Waals surface area contributed by atoms with Crippen LogP contribution in [0.1, 0.15) is 33.0 Å². The first-order valence-corrected chi connectivity index (χ1v) is 9.52. The summed E-state index contributed by atoms with van der Waals surface area (Å²) in [6.45, 7) is 1.97. The number of benzene rings is 3. The molecule has 4 aromatic rings. The zero-order chi connectivity index (χ0) is 20.0. The van der Waals surface area contributed by atoms with Gasteiger partial charge in [-0.3, -0.25) is 4.79 Å². The molecule has 4 nitrogen and oxygen atoms in total. The van der Waals surface area contributed by atoms with Gasteiger partial charge in [0.15, 0.2) is 6.10 Å². The van der Waals surface area contributed by atoms with Gasteiger partial charge in [-0.05, 0) is 24.6 Å². The fraction of sp³-hybridized carbons (Fsp3) is 0.120. The normalized spacial score (nSPS) is 17.7. The summed E-state index contributed by atoms with van der Waals surface area (Å²) in [7, 11) is 0. The van der Waals surface area contributed by atoms with E-state index >= 15 is 0 Å². The number of carbonyl (C=O) groups excluding carboxylic acids is 1. The van der Waals surface area contributed by atoms with E-state index in [4.69, 9.17) is 9.15 Å². The number of ether oxygens (including phenoxy) is 1. The standard InChI is InChI=1S/C25H18O4/c1-15-11-13-17(14-12-15)22(26)24-20(16-7-3-2-4-8-16)21-23(29-24)18-9-5-6-10-19(18)28-25(21)27/h2-14,20,24H,1H3/t20-,24-/m0/s1. The number of para-hydroxylation sites is 1. The number of hydrogen-bond donors (Lipinski definition) is 0. The number of rotatable bonds is 3. The van der Waals surface area contributed by atoms with Crippen LogP contribution in [0.4, 0.5) is 0 Å². The maximum atomic E-state index is 13.4. The number of fused-ring (bicyclic) bond motifs is 3. The molecule has 0 spiro atoms. The second-order valence-corrected chi connectivity index (χ2v) is 7.29. The Labute approximate surface area is 167 Å². The first-order valence-electron chi connectivity index (χ1n) is 9.52. The van der Waals surface area contributed by atoms with Crippen LogP contribution in [0.25, 0.3) is 11.0 Å². The lowest BCUT2D eigenvalue weighted by Gasteiger charge is -2.18. The zero-order valence-corrected chi connectivity index (χ0v) is 15.8. The van der Waals surface area contributed by atoms with E-state index in [0.717, 1.165) is 11.1 Å². The summed E-state index contributed by atoms with van der Waals surface area (Å²) in [6, 6.07) is 24.1. The van der Waals surface area contributed by atoms with Gasteiger partial charge >= 0.3 is 5.63 Å². The molecule has 0 saturated heterocycles. The quantitative estimate of drug-likeness (QED) is 0.374. The Kier molecular flexibility index (Phi) is 4.06. The Bertz CT molecular complexity index is 1270. The van der Waals surface area contributed by atoms with Crippen molar-refractivity contribution in [2.45, 2.75) is 18.9 Å². The van der Waals surface area contributed by atoms with Crippen LogP contribution in [-0.4, -0.2) is 11.9 Å². The van der Waals surface area contributed by atoms with Gasteiger partial charge in [0, 0.05) is 5.56 Å². The van der Waals surface area contributed by atoms with E-state index in [1.165, 1.54) is 0 Å². The van der Waals surface area contributed by atoms with Crippen molar-refractivity contribution < 1.29 is 13.9 Å². The minimum atomic E-state index is -0.830. The lowest BCUT2D eigenvalue weighted by molar-refractivity contribution is 0.0808. The Morgan fingerprint density at radius 1 is 0.862 bits per heavy atom. The van der Waals surface area contributed by atoms with Crippen molar-refractivity contribution in [2.24, 2.45) is 0 Å². The molecule has 29 heavy (non-hydrogen) atoms. The summed E-state index contributed by atoms with van der Waals surface area (Å²) in [4.78, 5) is 26.3. The topological polar surface area (TPSA) is 56.5 Å². The lowest BCUT2D eigenvalue weighted by atomic mass is 9.85. The maximum Gasteiger partial charge on any atom is 0.344 e. The van der Waals surface area contributed by atoms with Gasteiger partial charge in [-0.1, -0.05) is 72.3 Å². The first-order chi connectivity index (χ1) is 14.1. The summed E-state index contributed by atoms with van der Waals surface area (Å²) in [5.74, 6) is -0.240. The van der Waals surface area contributed by atoms with E-state index in [1.54, 1.807) is 24.3 Å². The summed E-state index contributed by atoms with van der Waals surface area (Å²) >= 11 is 0. The van der Waals surface area contributed by atoms with Gasteiger partial charge < -0.3 is 9.15 Å². The Balaban J connectivity index is 1.72. The highest BCUT2D eigenvalue weighted by Crippen LogP contribution is 2.45. The van der Waals surface area contributed by atoms with Crippen LogP contribution in [0, 0.1) is 6.92 Å². The van der Waals surface area contributed by atoms with Crippen LogP contribution in [0.3, 0.4) is 0 Å². The third-order valence-corrected chi connectivity index (χ3v) is 5.41. The highest BCUT2D eigenvalue weighted by atomic mass is 16.5.